The average Bonchev–Trinajstić information content (AvgIpc) is 2.78. The number of likely N-dealkylation sites (N-methyl/N-ethyl adjacent to an activating group) is 1. The minimum absolute atomic E-state index is 0.0732. The lowest BCUT2D eigenvalue weighted by Crippen LogP contribution is -2.42. The van der Waals surface area contributed by atoms with Crippen LogP contribution in [0.4, 0.5) is 4.39 Å². The van der Waals surface area contributed by atoms with Crippen LogP contribution in [0.1, 0.15) is 41.6 Å². The van der Waals surface area contributed by atoms with Gasteiger partial charge in [-0.15, -0.1) is 0 Å². The lowest BCUT2D eigenvalue weighted by Gasteiger charge is -2.28. The molecule has 1 aliphatic rings. The van der Waals surface area contributed by atoms with Gasteiger partial charge < -0.3 is 10.0 Å². The van der Waals surface area contributed by atoms with Crippen molar-refractivity contribution in [1.82, 2.24) is 4.90 Å². The third-order valence-corrected chi connectivity index (χ3v) is 3.76. The lowest BCUT2D eigenvalue weighted by atomic mass is 10.0. The number of nitrogens with zero attached hydrogens (tertiary/aromatic N) is 1. The van der Waals surface area contributed by atoms with Gasteiger partial charge in [-0.25, -0.2) is 4.39 Å². The summed E-state index contributed by atoms with van der Waals surface area (Å²) in [5, 5.41) is 10.3. The summed E-state index contributed by atoms with van der Waals surface area (Å²) in [4.78, 5) is 13.6. The number of amides is 1. The van der Waals surface area contributed by atoms with E-state index in [0.717, 1.165) is 18.4 Å². The van der Waals surface area contributed by atoms with Crippen molar-refractivity contribution in [2.45, 2.75) is 38.2 Å². The minimum atomic E-state index is -0.801. The topological polar surface area (TPSA) is 40.5 Å². The van der Waals surface area contributed by atoms with Gasteiger partial charge in [0.25, 0.3) is 5.91 Å². The molecular formula is C15H20FNO2. The van der Waals surface area contributed by atoms with Crippen molar-refractivity contribution in [3.63, 3.8) is 0 Å². The summed E-state index contributed by atoms with van der Waals surface area (Å²) in [6, 6.07) is 4.49. The van der Waals surface area contributed by atoms with Crippen LogP contribution in [0.25, 0.3) is 0 Å². The molecule has 1 aromatic rings. The van der Waals surface area contributed by atoms with Crippen LogP contribution in [0.5, 0.6) is 0 Å². The minimum Gasteiger partial charge on any atom is -0.388 e. The fourth-order valence-electron chi connectivity index (χ4n) is 2.71. The summed E-state index contributed by atoms with van der Waals surface area (Å²) < 4.78 is 13.7. The van der Waals surface area contributed by atoms with Gasteiger partial charge in [0.15, 0.2) is 0 Å². The first-order valence-electron chi connectivity index (χ1n) is 6.65. The molecular weight excluding hydrogens is 245 g/mol. The maximum Gasteiger partial charge on any atom is 0.256 e. The first kappa shape index (κ1) is 14.0. The van der Waals surface area contributed by atoms with Gasteiger partial charge in [0.05, 0.1) is 11.2 Å². The zero-order chi connectivity index (χ0) is 14.0. The van der Waals surface area contributed by atoms with Crippen molar-refractivity contribution < 1.29 is 14.3 Å². The van der Waals surface area contributed by atoms with Crippen molar-refractivity contribution in [2.24, 2.45) is 0 Å². The molecule has 1 aliphatic carbocycles. The second kappa shape index (κ2) is 5.29. The molecule has 0 aromatic heterocycles. The molecule has 1 N–H and O–H groups in total. The summed E-state index contributed by atoms with van der Waals surface area (Å²) in [5.41, 5.74) is 0.117. The van der Waals surface area contributed by atoms with Crippen molar-refractivity contribution >= 4 is 5.91 Å². The molecule has 1 aromatic carbocycles. The number of rotatable bonds is 3. The van der Waals surface area contributed by atoms with Crippen molar-refractivity contribution in [2.75, 3.05) is 13.6 Å². The first-order chi connectivity index (χ1) is 8.91. The van der Waals surface area contributed by atoms with E-state index in [0.29, 0.717) is 12.8 Å². The number of aliphatic hydroxyl groups is 1. The van der Waals surface area contributed by atoms with Crippen LogP contribution >= 0.6 is 0 Å². The molecule has 104 valence electrons. The van der Waals surface area contributed by atoms with Crippen molar-refractivity contribution in [1.29, 1.82) is 0 Å². The molecule has 0 spiro atoms. The molecule has 2 rings (SSSR count). The molecule has 0 bridgehead atoms. The van der Waals surface area contributed by atoms with E-state index in [-0.39, 0.29) is 18.0 Å². The van der Waals surface area contributed by atoms with E-state index in [1.54, 1.807) is 19.2 Å². The smallest absolute Gasteiger partial charge is 0.256 e. The molecule has 0 unspecified atom stereocenters. The second-order valence-electron chi connectivity index (χ2n) is 5.58. The Labute approximate surface area is 113 Å². The molecule has 19 heavy (non-hydrogen) atoms. The number of hydrogen-bond acceptors (Lipinski definition) is 2. The fraction of sp³-hybridized carbons (Fsp3) is 0.533. The van der Waals surface area contributed by atoms with Gasteiger partial charge >= 0.3 is 0 Å². The van der Waals surface area contributed by atoms with Crippen LogP contribution in [0.2, 0.25) is 0 Å². The van der Waals surface area contributed by atoms with E-state index in [9.17, 15) is 14.3 Å². The number of hydrogen-bond donors (Lipinski definition) is 1. The Morgan fingerprint density at radius 2 is 2.05 bits per heavy atom. The average molecular weight is 265 g/mol. The van der Waals surface area contributed by atoms with Crippen LogP contribution in [0.15, 0.2) is 18.2 Å². The highest BCUT2D eigenvalue weighted by Crippen LogP contribution is 2.30. The van der Waals surface area contributed by atoms with Gasteiger partial charge in [-0.2, -0.15) is 0 Å². The van der Waals surface area contributed by atoms with Gasteiger partial charge in [0.1, 0.15) is 5.82 Å². The molecule has 0 heterocycles. The summed E-state index contributed by atoms with van der Waals surface area (Å²) in [6.45, 7) is 2.08. The summed E-state index contributed by atoms with van der Waals surface area (Å²) >= 11 is 0. The van der Waals surface area contributed by atoms with Gasteiger partial charge in [-0.1, -0.05) is 24.5 Å². The quantitative estimate of drug-likeness (QED) is 0.912. The van der Waals surface area contributed by atoms with E-state index in [2.05, 4.69) is 0 Å². The molecule has 1 saturated carbocycles. The van der Waals surface area contributed by atoms with Gasteiger partial charge in [-0.05, 0) is 31.9 Å². The van der Waals surface area contributed by atoms with E-state index in [1.807, 2.05) is 6.92 Å². The molecule has 4 heteroatoms. The third-order valence-electron chi connectivity index (χ3n) is 3.76. The maximum absolute atomic E-state index is 13.7. The van der Waals surface area contributed by atoms with E-state index >= 15 is 0 Å². The molecule has 0 aliphatic heterocycles. The van der Waals surface area contributed by atoms with Crippen LogP contribution < -0.4 is 0 Å². The Bertz CT molecular complexity index is 481. The summed E-state index contributed by atoms with van der Waals surface area (Å²) in [5.74, 6) is -0.887. The predicted octanol–water partition coefficient (Wildman–Crippen LogP) is 2.51. The zero-order valence-electron chi connectivity index (χ0n) is 11.4. The number of benzene rings is 1. The van der Waals surface area contributed by atoms with E-state index in [4.69, 9.17) is 0 Å². The molecule has 0 atom stereocenters. The van der Waals surface area contributed by atoms with E-state index in [1.165, 1.54) is 11.0 Å². The summed E-state index contributed by atoms with van der Waals surface area (Å²) in [6.07, 6.45) is 3.39. The highest BCUT2D eigenvalue weighted by atomic mass is 19.1. The fourth-order valence-corrected chi connectivity index (χ4v) is 2.71. The van der Waals surface area contributed by atoms with Crippen molar-refractivity contribution in [3.8, 4) is 0 Å². The SMILES string of the molecule is Cc1ccc(F)c(C(=O)N(C)CC2(O)CCCC2)c1. The standard InChI is InChI=1S/C15H20FNO2/c1-11-5-6-13(16)12(9-11)14(18)17(2)10-15(19)7-3-4-8-15/h5-6,9,19H,3-4,7-8,10H2,1-2H3. The van der Waals surface area contributed by atoms with Gasteiger partial charge in [-0.3, -0.25) is 4.79 Å². The second-order valence-corrected chi connectivity index (χ2v) is 5.58. The van der Waals surface area contributed by atoms with E-state index < -0.39 is 11.4 Å². The number of aryl methyl sites for hydroxylation is 1. The largest absolute Gasteiger partial charge is 0.388 e. The Morgan fingerprint density at radius 1 is 1.42 bits per heavy atom. The van der Waals surface area contributed by atoms with Crippen LogP contribution in [-0.2, 0) is 0 Å². The molecule has 0 radical (unpaired) electrons. The molecule has 0 saturated heterocycles. The van der Waals surface area contributed by atoms with Crippen LogP contribution in [-0.4, -0.2) is 35.1 Å². The Balaban J connectivity index is 2.12. The highest BCUT2D eigenvalue weighted by molar-refractivity contribution is 5.94. The van der Waals surface area contributed by atoms with Crippen molar-refractivity contribution in [3.05, 3.63) is 35.1 Å². The maximum atomic E-state index is 13.7. The Hall–Kier alpha value is -1.42. The Morgan fingerprint density at radius 3 is 2.68 bits per heavy atom. The third kappa shape index (κ3) is 3.13. The highest BCUT2D eigenvalue weighted by Gasteiger charge is 2.33. The summed E-state index contributed by atoms with van der Waals surface area (Å²) in [7, 11) is 1.61. The van der Waals surface area contributed by atoms with Crippen LogP contribution in [0.3, 0.4) is 0 Å². The molecule has 3 nitrogen and oxygen atoms in total. The predicted molar refractivity (Wildman–Crippen MR) is 71.5 cm³/mol. The first-order valence-corrected chi connectivity index (χ1v) is 6.65. The number of carbonyl (C=O) groups is 1. The Kier molecular flexibility index (Phi) is 3.90. The molecule has 1 fully saturated rings. The van der Waals surface area contributed by atoms with Gasteiger partial charge in [0.2, 0.25) is 0 Å². The molecule has 1 amide bonds. The van der Waals surface area contributed by atoms with Gasteiger partial charge in [0, 0.05) is 13.6 Å². The lowest BCUT2D eigenvalue weighted by molar-refractivity contribution is 0.0155. The number of carbonyl (C=O) groups excluding carboxylic acids is 1. The normalized spacial score (nSPS) is 17.5. The zero-order valence-corrected chi connectivity index (χ0v) is 11.4. The monoisotopic (exact) mass is 265 g/mol. The van der Waals surface area contributed by atoms with Crippen LogP contribution in [0, 0.1) is 12.7 Å². The number of halogens is 1.